The van der Waals surface area contributed by atoms with Crippen LogP contribution in [0.3, 0.4) is 0 Å². The predicted molar refractivity (Wildman–Crippen MR) is 73.5 cm³/mol. The third kappa shape index (κ3) is 3.25. The van der Waals surface area contributed by atoms with Crippen LogP contribution in [0, 0.1) is 0 Å². The number of rotatable bonds is 4. The Kier molecular flexibility index (Phi) is 4.01. The molecule has 124 valence electrons. The van der Waals surface area contributed by atoms with Crippen molar-refractivity contribution in [2.75, 3.05) is 0 Å². The average Bonchev–Trinajstić information content (AvgIpc) is 3.16. The van der Waals surface area contributed by atoms with Crippen LogP contribution in [0.4, 0.5) is 13.2 Å². The van der Waals surface area contributed by atoms with Crippen LogP contribution in [-0.2, 0) is 12.7 Å². The number of nitrogens with zero attached hydrogens (tertiary/aromatic N) is 7. The highest BCUT2D eigenvalue weighted by Gasteiger charge is 2.36. The molecule has 0 aliphatic heterocycles. The molecule has 3 aromatic heterocycles. The van der Waals surface area contributed by atoms with Gasteiger partial charge in [0.25, 0.3) is 5.82 Å². The van der Waals surface area contributed by atoms with Gasteiger partial charge in [-0.25, -0.2) is 9.67 Å². The number of Topliss-reactive ketones (excluding diaryl/α,β-unsaturated/α-hetero) is 1. The van der Waals surface area contributed by atoms with E-state index in [0.29, 0.717) is 15.6 Å². The Hall–Kier alpha value is -2.82. The average molecular weight is 358 g/mol. The molecule has 0 N–H and O–H groups in total. The van der Waals surface area contributed by atoms with Crippen LogP contribution < -0.4 is 0 Å². The van der Waals surface area contributed by atoms with Crippen LogP contribution in [0.5, 0.6) is 0 Å². The molecule has 0 fully saturated rings. The molecule has 0 aromatic carbocycles. The predicted octanol–water partition coefficient (Wildman–Crippen LogP) is 1.81. The van der Waals surface area contributed by atoms with E-state index < -0.39 is 24.3 Å². The van der Waals surface area contributed by atoms with Crippen molar-refractivity contribution in [3.8, 4) is 5.82 Å². The van der Waals surface area contributed by atoms with Gasteiger partial charge in [-0.1, -0.05) is 11.6 Å². The van der Waals surface area contributed by atoms with E-state index in [1.165, 1.54) is 23.1 Å². The lowest BCUT2D eigenvalue weighted by molar-refractivity contribution is -0.145. The lowest BCUT2D eigenvalue weighted by Crippen LogP contribution is -2.15. The van der Waals surface area contributed by atoms with Crippen LogP contribution in [0.25, 0.3) is 5.82 Å². The fraction of sp³-hybridized carbons (Fsp3) is 0.167. The summed E-state index contributed by atoms with van der Waals surface area (Å²) in [5.41, 5.74) is 0.00239. The number of alkyl halides is 3. The van der Waals surface area contributed by atoms with E-state index in [1.807, 2.05) is 0 Å². The summed E-state index contributed by atoms with van der Waals surface area (Å²) in [7, 11) is 0. The first-order valence-electron chi connectivity index (χ1n) is 6.39. The SMILES string of the molecule is O=C(Cn1nnc(C(F)(F)F)n1)c1ccn(-c2ncccc2Cl)n1. The lowest BCUT2D eigenvalue weighted by Gasteiger charge is -2.01. The first kappa shape index (κ1) is 16.1. The molecule has 0 aliphatic rings. The van der Waals surface area contributed by atoms with Gasteiger partial charge in [-0.3, -0.25) is 4.79 Å². The molecule has 0 atom stereocenters. The first-order valence-corrected chi connectivity index (χ1v) is 6.77. The van der Waals surface area contributed by atoms with Crippen LogP contribution in [0.1, 0.15) is 16.3 Å². The molecule has 8 nitrogen and oxygen atoms in total. The van der Waals surface area contributed by atoms with E-state index in [-0.39, 0.29) is 5.69 Å². The maximum atomic E-state index is 12.4. The summed E-state index contributed by atoms with van der Waals surface area (Å²) in [5.74, 6) is -1.69. The van der Waals surface area contributed by atoms with E-state index >= 15 is 0 Å². The van der Waals surface area contributed by atoms with E-state index in [0.717, 1.165) is 0 Å². The maximum absolute atomic E-state index is 12.4. The Labute approximate surface area is 136 Å². The molecule has 0 saturated carbocycles. The molecule has 3 aromatic rings. The summed E-state index contributed by atoms with van der Waals surface area (Å²) in [6.07, 6.45) is -1.77. The second kappa shape index (κ2) is 6.00. The Morgan fingerprint density at radius 2 is 2.04 bits per heavy atom. The summed E-state index contributed by atoms with van der Waals surface area (Å²) >= 11 is 5.98. The largest absolute Gasteiger partial charge is 0.455 e. The van der Waals surface area contributed by atoms with Gasteiger partial charge in [0, 0.05) is 12.4 Å². The molecule has 0 unspecified atom stereocenters. The number of aromatic nitrogens is 7. The number of pyridine rings is 1. The minimum Gasteiger partial charge on any atom is -0.290 e. The molecular formula is C12H7ClF3N7O. The van der Waals surface area contributed by atoms with Gasteiger partial charge < -0.3 is 0 Å². The van der Waals surface area contributed by atoms with Crippen LogP contribution in [-0.4, -0.2) is 40.8 Å². The van der Waals surface area contributed by atoms with Crippen molar-refractivity contribution in [2.45, 2.75) is 12.7 Å². The molecule has 3 heterocycles. The van der Waals surface area contributed by atoms with Crippen molar-refractivity contribution in [2.24, 2.45) is 0 Å². The van der Waals surface area contributed by atoms with Gasteiger partial charge in [0.2, 0.25) is 5.78 Å². The zero-order valence-electron chi connectivity index (χ0n) is 11.6. The topological polar surface area (TPSA) is 91.4 Å². The molecule has 0 aliphatic carbocycles. The van der Waals surface area contributed by atoms with E-state index in [9.17, 15) is 18.0 Å². The van der Waals surface area contributed by atoms with Crippen molar-refractivity contribution in [3.63, 3.8) is 0 Å². The van der Waals surface area contributed by atoms with E-state index in [1.54, 1.807) is 12.1 Å². The second-order valence-corrected chi connectivity index (χ2v) is 4.93. The summed E-state index contributed by atoms with van der Waals surface area (Å²) in [5, 5.41) is 13.5. The summed E-state index contributed by atoms with van der Waals surface area (Å²) < 4.78 is 38.5. The zero-order valence-corrected chi connectivity index (χ0v) is 12.4. The Morgan fingerprint density at radius 3 is 2.71 bits per heavy atom. The monoisotopic (exact) mass is 357 g/mol. The van der Waals surface area contributed by atoms with E-state index in [4.69, 9.17) is 11.6 Å². The summed E-state index contributed by atoms with van der Waals surface area (Å²) in [6.45, 7) is -0.532. The van der Waals surface area contributed by atoms with E-state index in [2.05, 4.69) is 25.5 Å². The third-order valence-electron chi connectivity index (χ3n) is 2.82. The van der Waals surface area contributed by atoms with Gasteiger partial charge >= 0.3 is 6.18 Å². The number of ketones is 1. The highest BCUT2D eigenvalue weighted by Crippen LogP contribution is 2.24. The zero-order chi connectivity index (χ0) is 17.3. The quantitative estimate of drug-likeness (QED) is 0.661. The number of hydrogen-bond acceptors (Lipinski definition) is 6. The van der Waals surface area contributed by atoms with Crippen LogP contribution in [0.15, 0.2) is 30.6 Å². The van der Waals surface area contributed by atoms with Gasteiger partial charge in [0.05, 0.1) is 5.02 Å². The number of carbonyl (C=O) groups is 1. The third-order valence-corrected chi connectivity index (χ3v) is 3.12. The number of tetrazole rings is 1. The fourth-order valence-electron chi connectivity index (χ4n) is 1.77. The van der Waals surface area contributed by atoms with Crippen molar-refractivity contribution >= 4 is 17.4 Å². The molecule has 0 saturated heterocycles. The summed E-state index contributed by atoms with van der Waals surface area (Å²) in [4.78, 5) is 16.6. The maximum Gasteiger partial charge on any atom is 0.455 e. The highest BCUT2D eigenvalue weighted by molar-refractivity contribution is 6.32. The molecule has 0 spiro atoms. The molecule has 0 radical (unpaired) electrons. The Bertz CT molecular complexity index is 889. The van der Waals surface area contributed by atoms with Crippen molar-refractivity contribution in [1.82, 2.24) is 35.0 Å². The van der Waals surface area contributed by atoms with Gasteiger partial charge in [-0.2, -0.15) is 23.1 Å². The number of carbonyl (C=O) groups excluding carboxylic acids is 1. The molecule has 12 heteroatoms. The van der Waals surface area contributed by atoms with Crippen molar-refractivity contribution in [1.29, 1.82) is 0 Å². The van der Waals surface area contributed by atoms with Gasteiger partial charge in [-0.05, 0) is 23.4 Å². The van der Waals surface area contributed by atoms with Gasteiger partial charge in [-0.15, -0.1) is 10.2 Å². The molecule has 0 amide bonds. The Balaban J connectivity index is 1.77. The standard InChI is InChI=1S/C12H7ClF3N7O/c13-7-2-1-4-17-10(7)22-5-3-8(19-22)9(24)6-23-20-11(18-21-23)12(14,15)16/h1-5H,6H2. The molecule has 0 bridgehead atoms. The van der Waals surface area contributed by atoms with Crippen LogP contribution in [0.2, 0.25) is 5.02 Å². The summed E-state index contributed by atoms with van der Waals surface area (Å²) in [6, 6.07) is 4.62. The first-order chi connectivity index (χ1) is 11.3. The van der Waals surface area contributed by atoms with Crippen LogP contribution >= 0.6 is 11.6 Å². The lowest BCUT2D eigenvalue weighted by atomic mass is 10.3. The minimum atomic E-state index is -4.72. The smallest absolute Gasteiger partial charge is 0.290 e. The molecule has 24 heavy (non-hydrogen) atoms. The Morgan fingerprint density at radius 1 is 1.25 bits per heavy atom. The fourth-order valence-corrected chi connectivity index (χ4v) is 1.98. The number of hydrogen-bond donors (Lipinski definition) is 0. The number of halogens is 4. The van der Waals surface area contributed by atoms with Gasteiger partial charge in [0.15, 0.2) is 5.82 Å². The van der Waals surface area contributed by atoms with Crippen molar-refractivity contribution < 1.29 is 18.0 Å². The second-order valence-electron chi connectivity index (χ2n) is 4.52. The normalized spacial score (nSPS) is 11.7. The minimum absolute atomic E-state index is 0.00239. The highest BCUT2D eigenvalue weighted by atomic mass is 35.5. The van der Waals surface area contributed by atoms with Gasteiger partial charge in [0.1, 0.15) is 12.2 Å². The molecular weight excluding hydrogens is 351 g/mol. The molecule has 3 rings (SSSR count). The van der Waals surface area contributed by atoms with Crippen molar-refractivity contribution in [3.05, 3.63) is 47.1 Å².